The average molecular weight is 324 g/mol. The van der Waals surface area contributed by atoms with Crippen LogP contribution in [0.4, 0.5) is 5.69 Å². The van der Waals surface area contributed by atoms with E-state index < -0.39 is 11.8 Å². The summed E-state index contributed by atoms with van der Waals surface area (Å²) in [6.07, 6.45) is 0. The predicted molar refractivity (Wildman–Crippen MR) is 76.9 cm³/mol. The summed E-state index contributed by atoms with van der Waals surface area (Å²) in [6.45, 7) is 0. The Bertz CT molecular complexity index is 692. The lowest BCUT2D eigenvalue weighted by atomic mass is 10.4. The Morgan fingerprint density at radius 2 is 2.05 bits per heavy atom. The smallest absolute Gasteiger partial charge is 0.359 e. The molecule has 0 bridgehead atoms. The van der Waals surface area contributed by atoms with E-state index in [2.05, 4.69) is 20.8 Å². The first-order valence-electron chi connectivity index (χ1n) is 5.71. The summed E-state index contributed by atoms with van der Waals surface area (Å²) in [5, 5.41) is 26.2. The molecule has 0 radical (unpaired) electrons. The van der Waals surface area contributed by atoms with Crippen LogP contribution in [-0.2, 0) is 4.74 Å². The molecule has 0 saturated carbocycles. The van der Waals surface area contributed by atoms with Gasteiger partial charge < -0.3 is 15.6 Å². The number of carbonyl (C=O) groups is 1. The number of thiophene rings is 2. The lowest BCUT2D eigenvalue weighted by molar-refractivity contribution is -0.278. The zero-order chi connectivity index (χ0) is 15.2. The molecule has 3 N–H and O–H groups in total. The number of hydrogen-bond acceptors (Lipinski definition) is 7. The minimum absolute atomic E-state index is 0.302. The van der Waals surface area contributed by atoms with Crippen LogP contribution in [0.25, 0.3) is 5.69 Å². The number of ether oxygens (including phenoxy) is 1. The van der Waals surface area contributed by atoms with Gasteiger partial charge in [0.05, 0.1) is 18.2 Å². The summed E-state index contributed by atoms with van der Waals surface area (Å²) >= 11 is 3.10. The molecule has 3 aromatic rings. The number of quaternary nitrogens is 1. The zero-order valence-corrected chi connectivity index (χ0v) is 12.7. The number of rotatable bonds is 2. The Hall–Kier alpha value is -2.23. The molecule has 0 aliphatic carbocycles. The summed E-state index contributed by atoms with van der Waals surface area (Å²) in [6, 6.07) is 3.70. The van der Waals surface area contributed by atoms with E-state index >= 15 is 0 Å². The summed E-state index contributed by atoms with van der Waals surface area (Å²) < 4.78 is 5.45. The van der Waals surface area contributed by atoms with E-state index in [9.17, 15) is 9.90 Å². The molecule has 21 heavy (non-hydrogen) atoms. The largest absolute Gasteiger partial charge is 0.857 e. The third-order valence-electron chi connectivity index (χ3n) is 2.34. The molecule has 3 heterocycles. The number of carbonyl (C=O) groups excluding carboxylic acids is 1. The standard InChI is InChI=1S/C8H7N3O3S.C4H5NS/c1-14-8(13)6-7(12)11(10-9-6)5-2-3-15-4-5;5-4-1-2-6-3-4/h2-4,12H,1H3;1-3H,5H2. The van der Waals surface area contributed by atoms with Gasteiger partial charge in [-0.2, -0.15) is 11.3 Å². The highest BCUT2D eigenvalue weighted by Gasteiger charge is 2.14. The topological polar surface area (TPSA) is 108 Å². The molecule has 0 atom stereocenters. The molecule has 3 aromatic heterocycles. The molecule has 3 rings (SSSR count). The van der Waals surface area contributed by atoms with Gasteiger partial charge in [0.25, 0.3) is 0 Å². The number of esters is 1. The Kier molecular flexibility index (Phi) is 5.04. The Labute approximate surface area is 128 Å². The van der Waals surface area contributed by atoms with Crippen LogP contribution in [0.15, 0.2) is 33.7 Å². The van der Waals surface area contributed by atoms with Crippen molar-refractivity contribution in [2.75, 3.05) is 7.11 Å². The van der Waals surface area contributed by atoms with Crippen LogP contribution in [0, 0.1) is 0 Å². The van der Waals surface area contributed by atoms with E-state index in [0.29, 0.717) is 5.69 Å². The molecular weight excluding hydrogens is 312 g/mol. The molecule has 110 valence electrons. The van der Waals surface area contributed by atoms with Gasteiger partial charge in [0.1, 0.15) is 5.69 Å². The van der Waals surface area contributed by atoms with Crippen LogP contribution in [0.1, 0.15) is 10.5 Å². The van der Waals surface area contributed by atoms with Gasteiger partial charge in [-0.3, -0.25) is 0 Å². The first kappa shape index (κ1) is 15.2. The molecule has 0 unspecified atom stereocenters. The van der Waals surface area contributed by atoms with Crippen LogP contribution in [-0.4, -0.2) is 28.1 Å². The summed E-state index contributed by atoms with van der Waals surface area (Å²) in [5.41, 5.74) is 5.09. The van der Waals surface area contributed by atoms with Crippen molar-refractivity contribution in [3.63, 3.8) is 0 Å². The van der Waals surface area contributed by atoms with Crippen molar-refractivity contribution in [3.8, 4) is 11.6 Å². The molecule has 7 nitrogen and oxygen atoms in total. The van der Waals surface area contributed by atoms with Gasteiger partial charge >= 0.3 is 5.97 Å². The van der Waals surface area contributed by atoms with Crippen molar-refractivity contribution in [1.82, 2.24) is 15.0 Å². The van der Waals surface area contributed by atoms with Crippen molar-refractivity contribution >= 4 is 34.3 Å². The van der Waals surface area contributed by atoms with E-state index in [1.165, 1.54) is 18.4 Å². The summed E-state index contributed by atoms with van der Waals surface area (Å²) in [5.74, 6) is -1.35. The van der Waals surface area contributed by atoms with Crippen LogP contribution in [0.3, 0.4) is 0 Å². The quantitative estimate of drug-likeness (QED) is 0.702. The van der Waals surface area contributed by atoms with Crippen molar-refractivity contribution in [3.05, 3.63) is 39.3 Å². The van der Waals surface area contributed by atoms with Gasteiger partial charge in [-0.15, -0.1) is 16.4 Å². The second kappa shape index (κ2) is 6.97. The normalized spacial score (nSPS) is 9.81. The number of hydrogen-bond donors (Lipinski definition) is 1. The zero-order valence-electron chi connectivity index (χ0n) is 11.1. The molecule has 0 aliphatic rings. The second-order valence-electron chi connectivity index (χ2n) is 3.76. The molecule has 9 heteroatoms. The fraction of sp³-hybridized carbons (Fsp3) is 0.0833. The maximum Gasteiger partial charge on any atom is 0.359 e. The van der Waals surface area contributed by atoms with E-state index in [1.54, 1.807) is 28.2 Å². The van der Waals surface area contributed by atoms with Gasteiger partial charge in [-0.1, -0.05) is 5.21 Å². The fourth-order valence-corrected chi connectivity index (χ4v) is 2.54. The average Bonchev–Trinajstić information content (AvgIpc) is 3.20. The highest BCUT2D eigenvalue weighted by atomic mass is 32.1. The van der Waals surface area contributed by atoms with E-state index in [4.69, 9.17) is 0 Å². The van der Waals surface area contributed by atoms with Crippen LogP contribution >= 0.6 is 22.7 Å². The third-order valence-corrected chi connectivity index (χ3v) is 3.74. The first-order chi connectivity index (χ1) is 10.1. The third kappa shape index (κ3) is 3.66. The van der Waals surface area contributed by atoms with Crippen molar-refractivity contribution in [1.29, 1.82) is 0 Å². The molecular formula is C12H12N4O3S2. The Balaban J connectivity index is 0.000000225. The first-order valence-corrected chi connectivity index (χ1v) is 7.59. The van der Waals surface area contributed by atoms with Gasteiger partial charge in [0.15, 0.2) is 5.69 Å². The van der Waals surface area contributed by atoms with Crippen molar-refractivity contribution < 1.29 is 20.4 Å². The Morgan fingerprint density at radius 1 is 1.33 bits per heavy atom. The molecule has 0 aromatic carbocycles. The van der Waals surface area contributed by atoms with E-state index in [1.807, 2.05) is 16.8 Å². The molecule has 0 fully saturated rings. The van der Waals surface area contributed by atoms with E-state index in [0.717, 1.165) is 10.4 Å². The predicted octanol–water partition coefficient (Wildman–Crippen LogP) is 0.810. The highest BCUT2D eigenvalue weighted by Crippen LogP contribution is 2.18. The highest BCUT2D eigenvalue weighted by molar-refractivity contribution is 7.08. The SMILES string of the molecule is COC(=O)c1nnn(-c2ccsc2)c1[O-].[NH3+]c1ccsc1. The summed E-state index contributed by atoms with van der Waals surface area (Å²) in [7, 11) is 1.19. The lowest BCUT2D eigenvalue weighted by Crippen LogP contribution is -2.39. The maximum atomic E-state index is 11.6. The lowest BCUT2D eigenvalue weighted by Gasteiger charge is -2.07. The van der Waals surface area contributed by atoms with Crippen LogP contribution in [0.2, 0.25) is 0 Å². The van der Waals surface area contributed by atoms with Crippen LogP contribution < -0.4 is 10.8 Å². The van der Waals surface area contributed by atoms with Crippen LogP contribution in [0.5, 0.6) is 5.88 Å². The van der Waals surface area contributed by atoms with Gasteiger partial charge in [-0.05, 0) is 16.8 Å². The van der Waals surface area contributed by atoms with Crippen molar-refractivity contribution in [2.45, 2.75) is 0 Å². The molecule has 0 aliphatic heterocycles. The van der Waals surface area contributed by atoms with Gasteiger partial charge in [-0.25, -0.2) is 9.48 Å². The minimum atomic E-state index is -0.776. The van der Waals surface area contributed by atoms with E-state index in [-0.39, 0.29) is 5.69 Å². The monoisotopic (exact) mass is 324 g/mol. The number of methoxy groups -OCH3 is 1. The van der Waals surface area contributed by atoms with Crippen molar-refractivity contribution in [2.24, 2.45) is 0 Å². The fourth-order valence-electron chi connectivity index (χ4n) is 1.34. The number of nitrogens with zero attached hydrogens (tertiary/aromatic N) is 3. The maximum absolute atomic E-state index is 11.6. The van der Waals surface area contributed by atoms with Gasteiger partial charge in [0.2, 0.25) is 0 Å². The minimum Gasteiger partial charge on any atom is -0.857 e. The molecule has 0 amide bonds. The molecule has 0 spiro atoms. The Morgan fingerprint density at radius 3 is 2.52 bits per heavy atom. The molecule has 0 saturated heterocycles. The van der Waals surface area contributed by atoms with Gasteiger partial charge in [0, 0.05) is 17.3 Å². The number of aromatic nitrogens is 3. The summed E-state index contributed by atoms with van der Waals surface area (Å²) in [4.78, 5) is 11.1. The second-order valence-corrected chi connectivity index (χ2v) is 5.32.